The van der Waals surface area contributed by atoms with Gasteiger partial charge in [-0.2, -0.15) is 0 Å². The number of ether oxygens (including phenoxy) is 2. The summed E-state index contributed by atoms with van der Waals surface area (Å²) in [6, 6.07) is 24.0. The van der Waals surface area contributed by atoms with Crippen LogP contribution in [-0.4, -0.2) is 12.7 Å². The van der Waals surface area contributed by atoms with Gasteiger partial charge in [0, 0.05) is 16.9 Å². The summed E-state index contributed by atoms with van der Waals surface area (Å²) in [6.45, 7) is 6.14. The Morgan fingerprint density at radius 3 is 1.52 bits per heavy atom. The lowest BCUT2D eigenvalue weighted by atomic mass is 10.1. The summed E-state index contributed by atoms with van der Waals surface area (Å²) in [7, 11) is 1.65. The molecular weight excluding hydrogens is 356 g/mol. The molecule has 0 radical (unpaired) electrons. The van der Waals surface area contributed by atoms with E-state index in [1.165, 1.54) is 12.0 Å². The van der Waals surface area contributed by atoms with E-state index in [0.29, 0.717) is 0 Å². The molecule has 0 aliphatic heterocycles. The van der Waals surface area contributed by atoms with Gasteiger partial charge in [-0.3, -0.25) is 0 Å². The summed E-state index contributed by atoms with van der Waals surface area (Å²) in [5, 5.41) is 0. The Morgan fingerprint density at radius 2 is 1.07 bits per heavy atom. The quantitative estimate of drug-likeness (QED) is 0.431. The number of hydrogen-bond donors (Lipinski definition) is 0. The van der Waals surface area contributed by atoms with Gasteiger partial charge in [-0.05, 0) is 80.4 Å². The number of hydrogen-bond acceptors (Lipinski definition) is 4. The second-order valence-corrected chi connectivity index (χ2v) is 8.06. The zero-order valence-corrected chi connectivity index (χ0v) is 16.9. The van der Waals surface area contributed by atoms with Crippen LogP contribution in [0.15, 0.2) is 77.7 Å². The molecule has 3 aromatic rings. The minimum Gasteiger partial charge on any atom is -0.488 e. The molecule has 27 heavy (non-hydrogen) atoms. The van der Waals surface area contributed by atoms with Gasteiger partial charge in [0.1, 0.15) is 22.8 Å². The molecule has 0 fully saturated rings. The molecule has 3 nitrogen and oxygen atoms in total. The van der Waals surface area contributed by atoms with Crippen molar-refractivity contribution in [1.29, 1.82) is 0 Å². The maximum absolute atomic E-state index is 5.91. The van der Waals surface area contributed by atoms with E-state index in [-0.39, 0.29) is 5.60 Å². The third-order valence-corrected chi connectivity index (χ3v) is 4.34. The van der Waals surface area contributed by atoms with Crippen LogP contribution in [0, 0.1) is 0 Å². The summed E-state index contributed by atoms with van der Waals surface area (Å²) in [6.07, 6.45) is 0. The van der Waals surface area contributed by atoms with Gasteiger partial charge in [-0.15, -0.1) is 0 Å². The first-order valence-corrected chi connectivity index (χ1v) is 9.55. The van der Waals surface area contributed by atoms with Crippen LogP contribution in [0.25, 0.3) is 11.1 Å². The molecule has 0 N–H and O–H groups in total. The van der Waals surface area contributed by atoms with Crippen LogP contribution >= 0.6 is 12.0 Å². The molecule has 0 saturated heterocycles. The largest absolute Gasteiger partial charge is 0.488 e. The molecular formula is C23H24O3S. The highest BCUT2D eigenvalue weighted by Crippen LogP contribution is 2.29. The molecule has 4 heteroatoms. The SMILES string of the molecule is COSc1ccc(Oc2ccc(-c3ccc(OC(C)(C)C)cc3)cc2)cc1. The van der Waals surface area contributed by atoms with Crippen molar-refractivity contribution in [3.8, 4) is 28.4 Å². The van der Waals surface area contributed by atoms with Crippen LogP contribution in [-0.2, 0) is 4.18 Å². The average Bonchev–Trinajstić information content (AvgIpc) is 2.64. The van der Waals surface area contributed by atoms with Crippen molar-refractivity contribution < 1.29 is 13.7 Å². The zero-order chi connectivity index (χ0) is 19.3. The van der Waals surface area contributed by atoms with E-state index in [9.17, 15) is 0 Å². The summed E-state index contributed by atoms with van der Waals surface area (Å²) in [5.74, 6) is 2.48. The van der Waals surface area contributed by atoms with Crippen LogP contribution < -0.4 is 9.47 Å². The highest BCUT2D eigenvalue weighted by Gasteiger charge is 2.11. The van der Waals surface area contributed by atoms with Crippen LogP contribution in [0.5, 0.6) is 17.2 Å². The van der Waals surface area contributed by atoms with Crippen LogP contribution in [0.2, 0.25) is 0 Å². The Kier molecular flexibility index (Phi) is 6.09. The summed E-state index contributed by atoms with van der Waals surface area (Å²) in [5.41, 5.74) is 2.08. The molecule has 0 bridgehead atoms. The zero-order valence-electron chi connectivity index (χ0n) is 16.1. The summed E-state index contributed by atoms with van der Waals surface area (Å²) >= 11 is 1.33. The van der Waals surface area contributed by atoms with E-state index in [1.807, 2.05) is 69.3 Å². The van der Waals surface area contributed by atoms with Crippen LogP contribution in [0.1, 0.15) is 20.8 Å². The molecule has 3 rings (SSSR count). The van der Waals surface area contributed by atoms with Crippen LogP contribution in [0.4, 0.5) is 0 Å². The third-order valence-electron chi connectivity index (χ3n) is 3.70. The van der Waals surface area contributed by atoms with Crippen molar-refractivity contribution in [1.82, 2.24) is 0 Å². The van der Waals surface area contributed by atoms with Gasteiger partial charge in [0.05, 0.1) is 7.11 Å². The molecule has 0 aromatic heterocycles. The third kappa shape index (κ3) is 5.78. The minimum absolute atomic E-state index is 0.193. The fourth-order valence-electron chi connectivity index (χ4n) is 2.58. The molecule has 0 spiro atoms. The molecule has 0 atom stereocenters. The first-order chi connectivity index (χ1) is 12.9. The Balaban J connectivity index is 1.66. The molecule has 0 aliphatic carbocycles. The van der Waals surface area contributed by atoms with E-state index >= 15 is 0 Å². The van der Waals surface area contributed by atoms with Gasteiger partial charge in [-0.25, -0.2) is 0 Å². The molecule has 0 heterocycles. The van der Waals surface area contributed by atoms with Crippen LogP contribution in [0.3, 0.4) is 0 Å². The van der Waals surface area contributed by atoms with Crippen molar-refractivity contribution in [3.63, 3.8) is 0 Å². The number of rotatable bonds is 6. The standard InChI is InChI=1S/C23H24O3S/c1-23(2,3)26-21-11-7-18(8-12-21)17-5-9-19(10-6-17)25-20-13-15-22(16-14-20)27-24-4/h5-16H,1-4H3. The maximum Gasteiger partial charge on any atom is 0.127 e. The summed E-state index contributed by atoms with van der Waals surface area (Å²) < 4.78 is 16.8. The minimum atomic E-state index is -0.193. The lowest BCUT2D eigenvalue weighted by molar-refractivity contribution is 0.131. The lowest BCUT2D eigenvalue weighted by Crippen LogP contribution is -2.22. The molecule has 0 unspecified atom stereocenters. The second kappa shape index (κ2) is 8.51. The van der Waals surface area contributed by atoms with Gasteiger partial charge in [0.25, 0.3) is 0 Å². The highest BCUT2D eigenvalue weighted by atomic mass is 32.2. The second-order valence-electron chi connectivity index (χ2n) is 7.09. The van der Waals surface area contributed by atoms with E-state index in [4.69, 9.17) is 13.7 Å². The van der Waals surface area contributed by atoms with Crippen molar-refractivity contribution in [3.05, 3.63) is 72.8 Å². The lowest BCUT2D eigenvalue weighted by Gasteiger charge is -2.21. The smallest absolute Gasteiger partial charge is 0.127 e. The van der Waals surface area contributed by atoms with Gasteiger partial charge >= 0.3 is 0 Å². The molecule has 3 aromatic carbocycles. The first-order valence-electron chi connectivity index (χ1n) is 8.81. The monoisotopic (exact) mass is 380 g/mol. The normalized spacial score (nSPS) is 11.3. The fraction of sp³-hybridized carbons (Fsp3) is 0.217. The molecule has 0 aliphatic rings. The van der Waals surface area contributed by atoms with Crippen molar-refractivity contribution in [2.45, 2.75) is 31.3 Å². The van der Waals surface area contributed by atoms with Crippen molar-refractivity contribution >= 4 is 12.0 Å². The average molecular weight is 381 g/mol. The molecule has 140 valence electrons. The van der Waals surface area contributed by atoms with Gasteiger partial charge < -0.3 is 13.7 Å². The predicted octanol–water partition coefficient (Wildman–Crippen LogP) is 6.98. The molecule has 0 amide bonds. The Bertz CT molecular complexity index is 848. The maximum atomic E-state index is 5.91. The first kappa shape index (κ1) is 19.3. The van der Waals surface area contributed by atoms with E-state index in [1.54, 1.807) is 7.11 Å². The van der Waals surface area contributed by atoms with Crippen molar-refractivity contribution in [2.75, 3.05) is 7.11 Å². The Morgan fingerprint density at radius 1 is 0.630 bits per heavy atom. The van der Waals surface area contributed by atoms with E-state index < -0.39 is 0 Å². The van der Waals surface area contributed by atoms with E-state index in [0.717, 1.165) is 33.3 Å². The van der Waals surface area contributed by atoms with E-state index in [2.05, 4.69) is 24.3 Å². The summed E-state index contributed by atoms with van der Waals surface area (Å²) in [4.78, 5) is 1.04. The Hall–Kier alpha value is -2.43. The predicted molar refractivity (Wildman–Crippen MR) is 112 cm³/mol. The highest BCUT2D eigenvalue weighted by molar-refractivity contribution is 7.94. The van der Waals surface area contributed by atoms with Gasteiger partial charge in [-0.1, -0.05) is 24.3 Å². The Labute approximate surface area is 165 Å². The topological polar surface area (TPSA) is 27.7 Å². The van der Waals surface area contributed by atoms with Crippen molar-refractivity contribution in [2.24, 2.45) is 0 Å². The molecule has 0 saturated carbocycles. The fourth-order valence-corrected chi connectivity index (χ4v) is 3.02. The number of benzene rings is 3. The van der Waals surface area contributed by atoms with Gasteiger partial charge in [0.2, 0.25) is 0 Å². The van der Waals surface area contributed by atoms with Gasteiger partial charge in [0.15, 0.2) is 0 Å².